The van der Waals surface area contributed by atoms with Crippen molar-refractivity contribution in [2.75, 3.05) is 37.7 Å². The van der Waals surface area contributed by atoms with Gasteiger partial charge in [-0.15, -0.1) is 0 Å². The number of para-hydroxylation sites is 2. The molecule has 1 saturated heterocycles. The molecule has 1 N–H and O–H groups in total. The fraction of sp³-hybridized carbons (Fsp3) is 0.550. The van der Waals surface area contributed by atoms with Crippen LogP contribution >= 0.6 is 0 Å². The zero-order chi connectivity index (χ0) is 19.2. The summed E-state index contributed by atoms with van der Waals surface area (Å²) in [4.78, 5) is 31.6. The van der Waals surface area contributed by atoms with Gasteiger partial charge in [0, 0.05) is 45.8 Å². The number of aryl methyl sites for hydroxylation is 1. The molecule has 0 unspecified atom stereocenters. The van der Waals surface area contributed by atoms with Crippen LogP contribution in [0.3, 0.4) is 0 Å². The smallest absolute Gasteiger partial charge is 0.293 e. The first-order chi connectivity index (χ1) is 13.1. The fourth-order valence-electron chi connectivity index (χ4n) is 3.50. The standard InChI is InChI=1S/C20H28N4O3/c1-3-27-14-6-11-21-19(25)15-9-12-24(13-10-15)18-20(26)23(2)17-8-5-4-7-16(17)22-18/h4-5,7-8,15H,3,6,9-14H2,1-2H3,(H,21,25). The van der Waals surface area contributed by atoms with Crippen molar-refractivity contribution in [3.63, 3.8) is 0 Å². The molecule has 27 heavy (non-hydrogen) atoms. The Morgan fingerprint density at radius 1 is 1.30 bits per heavy atom. The van der Waals surface area contributed by atoms with Crippen molar-refractivity contribution in [2.24, 2.45) is 13.0 Å². The Hall–Kier alpha value is -2.41. The van der Waals surface area contributed by atoms with Crippen LogP contribution in [0.25, 0.3) is 11.0 Å². The second kappa shape index (κ2) is 8.99. The van der Waals surface area contributed by atoms with Crippen molar-refractivity contribution in [1.29, 1.82) is 0 Å². The van der Waals surface area contributed by atoms with E-state index in [-0.39, 0.29) is 17.4 Å². The summed E-state index contributed by atoms with van der Waals surface area (Å²) in [5, 5.41) is 2.99. The number of anilines is 1. The van der Waals surface area contributed by atoms with E-state index in [0.717, 1.165) is 30.3 Å². The Morgan fingerprint density at radius 3 is 2.78 bits per heavy atom. The summed E-state index contributed by atoms with van der Waals surface area (Å²) in [6, 6.07) is 7.64. The number of hydrogen-bond acceptors (Lipinski definition) is 5. The third-order valence-corrected chi connectivity index (χ3v) is 5.10. The van der Waals surface area contributed by atoms with Gasteiger partial charge in [0.25, 0.3) is 5.56 Å². The van der Waals surface area contributed by atoms with Crippen LogP contribution in [0, 0.1) is 5.92 Å². The lowest BCUT2D eigenvalue weighted by Gasteiger charge is -2.32. The Balaban J connectivity index is 1.59. The lowest BCUT2D eigenvalue weighted by atomic mass is 9.96. The Kier molecular flexibility index (Phi) is 6.45. The van der Waals surface area contributed by atoms with E-state index < -0.39 is 0 Å². The molecule has 0 saturated carbocycles. The van der Waals surface area contributed by atoms with E-state index >= 15 is 0 Å². The molecule has 7 heteroatoms. The van der Waals surface area contributed by atoms with Crippen LogP contribution < -0.4 is 15.8 Å². The van der Waals surface area contributed by atoms with Gasteiger partial charge in [-0.3, -0.25) is 9.59 Å². The highest BCUT2D eigenvalue weighted by Gasteiger charge is 2.27. The highest BCUT2D eigenvalue weighted by Crippen LogP contribution is 2.21. The normalized spacial score (nSPS) is 15.3. The first-order valence-electron chi connectivity index (χ1n) is 9.68. The van der Waals surface area contributed by atoms with Crippen molar-refractivity contribution in [1.82, 2.24) is 14.9 Å². The van der Waals surface area contributed by atoms with Crippen molar-refractivity contribution in [3.8, 4) is 0 Å². The van der Waals surface area contributed by atoms with Crippen LogP contribution in [0.15, 0.2) is 29.1 Å². The highest BCUT2D eigenvalue weighted by molar-refractivity contribution is 5.79. The van der Waals surface area contributed by atoms with Gasteiger partial charge in [0.1, 0.15) is 0 Å². The Bertz CT molecular complexity index is 841. The van der Waals surface area contributed by atoms with Crippen LogP contribution in [-0.2, 0) is 16.6 Å². The van der Waals surface area contributed by atoms with Gasteiger partial charge in [0.2, 0.25) is 5.91 Å². The maximum atomic E-state index is 12.7. The average Bonchev–Trinajstić information content (AvgIpc) is 2.70. The van der Waals surface area contributed by atoms with E-state index in [0.29, 0.717) is 38.7 Å². The third kappa shape index (κ3) is 4.47. The monoisotopic (exact) mass is 372 g/mol. The predicted octanol–water partition coefficient (Wildman–Crippen LogP) is 1.69. The van der Waals surface area contributed by atoms with Gasteiger partial charge in [0.05, 0.1) is 11.0 Å². The number of nitrogens with one attached hydrogen (secondary N) is 1. The second-order valence-electron chi connectivity index (χ2n) is 6.89. The Morgan fingerprint density at radius 2 is 2.04 bits per heavy atom. The van der Waals surface area contributed by atoms with Crippen molar-refractivity contribution >= 4 is 22.8 Å². The summed E-state index contributed by atoms with van der Waals surface area (Å²) in [5.74, 6) is 0.579. The maximum absolute atomic E-state index is 12.7. The number of nitrogens with zero attached hydrogens (tertiary/aromatic N) is 3. The first kappa shape index (κ1) is 19.4. The SMILES string of the molecule is CCOCCCNC(=O)C1CCN(c2nc3ccccc3n(C)c2=O)CC1. The summed E-state index contributed by atoms with van der Waals surface area (Å²) >= 11 is 0. The molecular weight excluding hydrogens is 344 g/mol. The van der Waals surface area contributed by atoms with Gasteiger partial charge in [-0.2, -0.15) is 0 Å². The number of amides is 1. The van der Waals surface area contributed by atoms with Gasteiger partial charge in [-0.25, -0.2) is 4.98 Å². The zero-order valence-corrected chi connectivity index (χ0v) is 16.1. The lowest BCUT2D eigenvalue weighted by molar-refractivity contribution is -0.125. The van der Waals surface area contributed by atoms with Gasteiger partial charge < -0.3 is 19.5 Å². The number of piperidine rings is 1. The van der Waals surface area contributed by atoms with Gasteiger partial charge in [-0.05, 0) is 38.3 Å². The molecule has 0 bridgehead atoms. The number of rotatable bonds is 7. The number of hydrogen-bond donors (Lipinski definition) is 1. The molecule has 1 fully saturated rings. The van der Waals surface area contributed by atoms with E-state index in [1.165, 1.54) is 0 Å². The summed E-state index contributed by atoms with van der Waals surface area (Å²) in [7, 11) is 1.78. The molecule has 0 atom stereocenters. The molecular formula is C20H28N4O3. The van der Waals surface area contributed by atoms with Crippen molar-refractivity contribution < 1.29 is 9.53 Å². The largest absolute Gasteiger partial charge is 0.382 e. The molecule has 0 radical (unpaired) electrons. The molecule has 1 aromatic heterocycles. The summed E-state index contributed by atoms with van der Waals surface area (Å²) in [5.41, 5.74) is 1.55. The highest BCUT2D eigenvalue weighted by atomic mass is 16.5. The summed E-state index contributed by atoms with van der Waals surface area (Å²) in [6.45, 7) is 5.31. The molecule has 146 valence electrons. The molecule has 1 aliphatic heterocycles. The van der Waals surface area contributed by atoms with E-state index in [1.807, 2.05) is 36.1 Å². The van der Waals surface area contributed by atoms with Crippen LogP contribution in [0.5, 0.6) is 0 Å². The molecule has 0 aliphatic carbocycles. The van der Waals surface area contributed by atoms with Crippen LogP contribution in [0.1, 0.15) is 26.2 Å². The first-order valence-corrected chi connectivity index (χ1v) is 9.68. The molecule has 2 aromatic rings. The summed E-state index contributed by atoms with van der Waals surface area (Å²) < 4.78 is 6.93. The number of fused-ring (bicyclic) bond motifs is 1. The van der Waals surface area contributed by atoms with Crippen LogP contribution in [0.4, 0.5) is 5.82 Å². The Labute approximate surface area is 159 Å². The maximum Gasteiger partial charge on any atom is 0.293 e. The van der Waals surface area contributed by atoms with Gasteiger partial charge >= 0.3 is 0 Å². The van der Waals surface area contributed by atoms with Crippen molar-refractivity contribution in [2.45, 2.75) is 26.2 Å². The van der Waals surface area contributed by atoms with Crippen molar-refractivity contribution in [3.05, 3.63) is 34.6 Å². The minimum absolute atomic E-state index is 0.00217. The van der Waals surface area contributed by atoms with E-state index in [1.54, 1.807) is 11.6 Å². The predicted molar refractivity (Wildman–Crippen MR) is 106 cm³/mol. The average molecular weight is 372 g/mol. The zero-order valence-electron chi connectivity index (χ0n) is 16.1. The second-order valence-corrected chi connectivity index (χ2v) is 6.89. The van der Waals surface area contributed by atoms with E-state index in [2.05, 4.69) is 10.3 Å². The number of aromatic nitrogens is 2. The molecule has 1 aliphatic rings. The van der Waals surface area contributed by atoms with E-state index in [9.17, 15) is 9.59 Å². The van der Waals surface area contributed by atoms with E-state index in [4.69, 9.17) is 4.74 Å². The fourth-order valence-corrected chi connectivity index (χ4v) is 3.50. The van der Waals surface area contributed by atoms with Gasteiger partial charge in [0.15, 0.2) is 5.82 Å². The lowest BCUT2D eigenvalue weighted by Crippen LogP contribution is -2.43. The number of benzene rings is 1. The quantitative estimate of drug-likeness (QED) is 0.749. The number of ether oxygens (including phenoxy) is 1. The third-order valence-electron chi connectivity index (χ3n) is 5.10. The van der Waals surface area contributed by atoms with Gasteiger partial charge in [-0.1, -0.05) is 12.1 Å². The molecule has 0 spiro atoms. The molecule has 1 amide bonds. The molecule has 3 rings (SSSR count). The minimum atomic E-state index is -0.0903. The number of carbonyl (C=O) groups is 1. The molecule has 2 heterocycles. The summed E-state index contributed by atoms with van der Waals surface area (Å²) in [6.07, 6.45) is 2.29. The number of carbonyl (C=O) groups excluding carboxylic acids is 1. The van der Waals surface area contributed by atoms with Crippen LogP contribution in [-0.4, -0.2) is 48.3 Å². The topological polar surface area (TPSA) is 76.5 Å². The van der Waals surface area contributed by atoms with Crippen LogP contribution in [0.2, 0.25) is 0 Å². The minimum Gasteiger partial charge on any atom is -0.382 e. The molecule has 1 aromatic carbocycles. The molecule has 7 nitrogen and oxygen atoms in total.